The summed E-state index contributed by atoms with van der Waals surface area (Å²) in [6.07, 6.45) is 6.61. The summed E-state index contributed by atoms with van der Waals surface area (Å²) in [5.41, 5.74) is 0. The second-order valence-corrected chi connectivity index (χ2v) is 5.06. The molecule has 1 unspecified atom stereocenters. The number of carboxylic acids is 1. The maximum Gasteiger partial charge on any atom is 0.315 e. The average molecular weight is 256 g/mol. The first kappa shape index (κ1) is 14.8. The van der Waals surface area contributed by atoms with E-state index in [2.05, 4.69) is 10.6 Å². The number of urea groups is 1. The predicted molar refractivity (Wildman–Crippen MR) is 69.4 cm³/mol. The molecule has 0 radical (unpaired) electrons. The largest absolute Gasteiger partial charge is 0.481 e. The molecular weight excluding hydrogens is 232 g/mol. The van der Waals surface area contributed by atoms with Crippen LogP contribution >= 0.6 is 0 Å². The molecule has 0 aromatic rings. The van der Waals surface area contributed by atoms with Gasteiger partial charge in [-0.25, -0.2) is 4.79 Å². The summed E-state index contributed by atoms with van der Waals surface area (Å²) < 4.78 is 0. The zero-order valence-corrected chi connectivity index (χ0v) is 11.1. The number of rotatable bonds is 6. The fourth-order valence-electron chi connectivity index (χ4n) is 2.33. The van der Waals surface area contributed by atoms with Crippen LogP contribution in [-0.4, -0.2) is 29.7 Å². The molecule has 1 fully saturated rings. The number of hydrogen-bond donors (Lipinski definition) is 3. The zero-order valence-electron chi connectivity index (χ0n) is 11.1. The summed E-state index contributed by atoms with van der Waals surface area (Å²) >= 11 is 0. The Bertz CT molecular complexity index is 275. The smallest absolute Gasteiger partial charge is 0.315 e. The van der Waals surface area contributed by atoms with Gasteiger partial charge in [0, 0.05) is 19.0 Å². The molecule has 18 heavy (non-hydrogen) atoms. The lowest BCUT2D eigenvalue weighted by Crippen LogP contribution is -2.44. The molecule has 0 saturated heterocycles. The highest BCUT2D eigenvalue weighted by Gasteiger charge is 2.17. The lowest BCUT2D eigenvalue weighted by molar-refractivity contribution is -0.138. The Morgan fingerprint density at radius 1 is 1.28 bits per heavy atom. The van der Waals surface area contributed by atoms with Gasteiger partial charge in [0.25, 0.3) is 0 Å². The van der Waals surface area contributed by atoms with Crippen molar-refractivity contribution in [1.29, 1.82) is 0 Å². The average Bonchev–Trinajstić information content (AvgIpc) is 2.35. The molecule has 1 rings (SSSR count). The minimum absolute atomic E-state index is 0.0135. The minimum atomic E-state index is -0.809. The van der Waals surface area contributed by atoms with E-state index in [1.807, 2.05) is 6.92 Å². The molecule has 5 heteroatoms. The summed E-state index contributed by atoms with van der Waals surface area (Å²) in [5.74, 6) is -0.795. The molecule has 1 saturated carbocycles. The van der Waals surface area contributed by atoms with Crippen molar-refractivity contribution in [2.75, 3.05) is 6.54 Å². The number of carbonyl (C=O) groups is 2. The van der Waals surface area contributed by atoms with E-state index in [0.29, 0.717) is 12.6 Å². The third-order valence-corrected chi connectivity index (χ3v) is 3.53. The summed E-state index contributed by atoms with van der Waals surface area (Å²) in [6, 6.07) is 0.129. The van der Waals surface area contributed by atoms with Crippen LogP contribution < -0.4 is 10.6 Å². The summed E-state index contributed by atoms with van der Waals surface area (Å²) in [5, 5.41) is 14.4. The van der Waals surface area contributed by atoms with Gasteiger partial charge in [0.1, 0.15) is 0 Å². The van der Waals surface area contributed by atoms with Crippen molar-refractivity contribution >= 4 is 12.0 Å². The fourth-order valence-corrected chi connectivity index (χ4v) is 2.33. The Balaban J connectivity index is 2.20. The van der Waals surface area contributed by atoms with E-state index in [0.717, 1.165) is 19.3 Å². The van der Waals surface area contributed by atoms with Crippen molar-refractivity contribution in [3.63, 3.8) is 0 Å². The predicted octanol–water partition coefficient (Wildman–Crippen LogP) is 2.12. The molecule has 2 amide bonds. The number of hydrogen-bond acceptors (Lipinski definition) is 2. The van der Waals surface area contributed by atoms with Crippen LogP contribution in [0.2, 0.25) is 0 Å². The first-order chi connectivity index (χ1) is 8.61. The standard InChI is InChI=1S/C13H24N2O3/c1-2-10(8-12(16)17)9-14-13(18)15-11-6-4-3-5-7-11/h10-11H,2-9H2,1H3,(H,16,17)(H2,14,15,18). The zero-order chi connectivity index (χ0) is 13.4. The van der Waals surface area contributed by atoms with Gasteiger partial charge in [-0.15, -0.1) is 0 Å². The van der Waals surface area contributed by atoms with Crippen LogP contribution in [-0.2, 0) is 4.79 Å². The number of carboxylic acid groups (broad SMARTS) is 1. The first-order valence-corrected chi connectivity index (χ1v) is 6.88. The minimum Gasteiger partial charge on any atom is -0.481 e. The number of amides is 2. The van der Waals surface area contributed by atoms with Gasteiger partial charge in [0.05, 0.1) is 0 Å². The highest BCUT2D eigenvalue weighted by atomic mass is 16.4. The van der Waals surface area contributed by atoms with Crippen LogP contribution in [0.3, 0.4) is 0 Å². The van der Waals surface area contributed by atoms with E-state index < -0.39 is 5.97 Å². The molecule has 0 aromatic heterocycles. The van der Waals surface area contributed by atoms with Crippen LogP contribution in [0.5, 0.6) is 0 Å². The van der Waals surface area contributed by atoms with Gasteiger partial charge >= 0.3 is 12.0 Å². The highest BCUT2D eigenvalue weighted by Crippen LogP contribution is 2.17. The van der Waals surface area contributed by atoms with Crippen LogP contribution in [0.4, 0.5) is 4.79 Å². The van der Waals surface area contributed by atoms with E-state index in [9.17, 15) is 9.59 Å². The molecule has 0 bridgehead atoms. The third-order valence-electron chi connectivity index (χ3n) is 3.53. The van der Waals surface area contributed by atoms with Crippen LogP contribution in [0.25, 0.3) is 0 Å². The number of aliphatic carboxylic acids is 1. The Kier molecular flexibility index (Phi) is 6.54. The van der Waals surface area contributed by atoms with Gasteiger partial charge in [-0.1, -0.05) is 32.6 Å². The van der Waals surface area contributed by atoms with Gasteiger partial charge in [0.15, 0.2) is 0 Å². The molecule has 0 aliphatic heterocycles. The molecular formula is C13H24N2O3. The molecule has 1 aliphatic carbocycles. The second kappa shape index (κ2) is 7.95. The fraction of sp³-hybridized carbons (Fsp3) is 0.846. The third kappa shape index (κ3) is 5.89. The summed E-state index contributed by atoms with van der Waals surface area (Å²) in [6.45, 7) is 2.37. The molecule has 104 valence electrons. The number of nitrogens with one attached hydrogen (secondary N) is 2. The Hall–Kier alpha value is -1.26. The lowest BCUT2D eigenvalue weighted by Gasteiger charge is -2.23. The molecule has 1 aliphatic rings. The van der Waals surface area contributed by atoms with Crippen molar-refractivity contribution in [3.8, 4) is 0 Å². The maximum absolute atomic E-state index is 11.6. The van der Waals surface area contributed by atoms with E-state index in [1.165, 1.54) is 19.3 Å². The first-order valence-electron chi connectivity index (χ1n) is 6.88. The van der Waals surface area contributed by atoms with Crippen molar-refractivity contribution in [2.24, 2.45) is 5.92 Å². The van der Waals surface area contributed by atoms with Crippen LogP contribution in [0.15, 0.2) is 0 Å². The van der Waals surface area contributed by atoms with Crippen LogP contribution in [0.1, 0.15) is 51.9 Å². The SMILES string of the molecule is CCC(CNC(=O)NC1CCCCC1)CC(=O)O. The monoisotopic (exact) mass is 256 g/mol. The van der Waals surface area contributed by atoms with Gasteiger partial charge in [0.2, 0.25) is 0 Å². The summed E-state index contributed by atoms with van der Waals surface area (Å²) in [7, 11) is 0. The molecule has 1 atom stereocenters. The normalized spacial score (nSPS) is 18.1. The Morgan fingerprint density at radius 3 is 2.50 bits per heavy atom. The lowest BCUT2D eigenvalue weighted by atomic mass is 9.96. The van der Waals surface area contributed by atoms with E-state index in [-0.39, 0.29) is 18.4 Å². The van der Waals surface area contributed by atoms with Gasteiger partial charge in [-0.3, -0.25) is 4.79 Å². The van der Waals surface area contributed by atoms with Gasteiger partial charge in [-0.2, -0.15) is 0 Å². The highest BCUT2D eigenvalue weighted by molar-refractivity contribution is 5.74. The van der Waals surface area contributed by atoms with Crippen molar-refractivity contribution < 1.29 is 14.7 Å². The maximum atomic E-state index is 11.6. The quantitative estimate of drug-likeness (QED) is 0.681. The number of carbonyl (C=O) groups excluding carboxylic acids is 1. The van der Waals surface area contributed by atoms with Crippen LogP contribution in [0, 0.1) is 5.92 Å². The topological polar surface area (TPSA) is 78.4 Å². The molecule has 0 aromatic carbocycles. The van der Waals surface area contributed by atoms with Gasteiger partial charge < -0.3 is 15.7 Å². The molecule has 3 N–H and O–H groups in total. The van der Waals surface area contributed by atoms with E-state index in [4.69, 9.17) is 5.11 Å². The Morgan fingerprint density at radius 2 is 1.94 bits per heavy atom. The second-order valence-electron chi connectivity index (χ2n) is 5.06. The van der Waals surface area contributed by atoms with Crippen molar-refractivity contribution in [1.82, 2.24) is 10.6 Å². The molecule has 0 spiro atoms. The summed E-state index contributed by atoms with van der Waals surface area (Å²) in [4.78, 5) is 22.2. The van der Waals surface area contributed by atoms with Crippen molar-refractivity contribution in [2.45, 2.75) is 57.9 Å². The van der Waals surface area contributed by atoms with Gasteiger partial charge in [-0.05, 0) is 18.8 Å². The van der Waals surface area contributed by atoms with Crippen molar-refractivity contribution in [3.05, 3.63) is 0 Å². The van der Waals surface area contributed by atoms with E-state index in [1.54, 1.807) is 0 Å². The van der Waals surface area contributed by atoms with E-state index >= 15 is 0 Å². The molecule has 0 heterocycles. The Labute approximate surface area is 108 Å². The molecule has 5 nitrogen and oxygen atoms in total.